The molecule has 0 saturated heterocycles. The van der Waals surface area contributed by atoms with Crippen molar-refractivity contribution in [3.63, 3.8) is 0 Å². The highest BCUT2D eigenvalue weighted by atomic mass is 35.5. The molecule has 0 bridgehead atoms. The van der Waals surface area contributed by atoms with Gasteiger partial charge in [-0.1, -0.05) is 64.9 Å². The summed E-state index contributed by atoms with van der Waals surface area (Å²) in [4.78, 5) is 11.1. The number of halogens is 1. The topological polar surface area (TPSA) is 26.3 Å². The van der Waals surface area contributed by atoms with Gasteiger partial charge in [0.2, 0.25) is 0 Å². The van der Waals surface area contributed by atoms with Gasteiger partial charge in [-0.15, -0.1) is 0 Å². The Labute approximate surface area is 156 Å². The second-order valence-corrected chi connectivity index (χ2v) is 7.34. The summed E-state index contributed by atoms with van der Waals surface area (Å²) >= 11 is 0. The molecule has 0 aliphatic rings. The van der Waals surface area contributed by atoms with Crippen molar-refractivity contribution >= 4 is 5.97 Å². The molecule has 0 aromatic carbocycles. The second-order valence-electron chi connectivity index (χ2n) is 7.34. The van der Waals surface area contributed by atoms with Crippen molar-refractivity contribution < 1.29 is 26.4 Å². The highest BCUT2D eigenvalue weighted by molar-refractivity contribution is 5.81. The van der Waals surface area contributed by atoms with Crippen LogP contribution in [-0.4, -0.2) is 43.7 Å². The van der Waals surface area contributed by atoms with Crippen molar-refractivity contribution in [1.82, 2.24) is 0 Å². The molecule has 0 aromatic heterocycles. The molecule has 0 aliphatic carbocycles. The van der Waals surface area contributed by atoms with E-state index >= 15 is 0 Å². The first-order valence-electron chi connectivity index (χ1n) is 9.56. The van der Waals surface area contributed by atoms with Crippen LogP contribution in [0.25, 0.3) is 0 Å². The van der Waals surface area contributed by atoms with E-state index in [1.54, 1.807) is 0 Å². The monoisotopic (exact) mass is 361 g/mol. The molecule has 0 saturated carbocycles. The van der Waals surface area contributed by atoms with E-state index in [0.717, 1.165) is 11.0 Å². The predicted molar refractivity (Wildman–Crippen MR) is 99.4 cm³/mol. The van der Waals surface area contributed by atoms with Crippen LogP contribution in [0.2, 0.25) is 0 Å². The second kappa shape index (κ2) is 16.0. The average Bonchev–Trinajstić information content (AvgIpc) is 2.52. The first-order chi connectivity index (χ1) is 10.9. The summed E-state index contributed by atoms with van der Waals surface area (Å²) in [5.74, 6) is -0.323. The minimum Gasteiger partial charge on any atom is -1.00 e. The number of carbonyl (C=O) groups is 1. The Bertz CT molecular complexity index is 319. The maximum absolute atomic E-state index is 11.1. The average molecular weight is 362 g/mol. The highest BCUT2D eigenvalue weighted by Gasteiger charge is 2.23. The molecule has 0 radical (unpaired) electrons. The van der Waals surface area contributed by atoms with Gasteiger partial charge < -0.3 is 21.6 Å². The fourth-order valence-electron chi connectivity index (χ4n) is 2.76. The lowest BCUT2D eigenvalue weighted by Gasteiger charge is -2.36. The molecule has 24 heavy (non-hydrogen) atoms. The van der Waals surface area contributed by atoms with Crippen LogP contribution in [0.3, 0.4) is 0 Å². The smallest absolute Gasteiger partial charge is 0.330 e. The Hall–Kier alpha value is -0.540. The van der Waals surface area contributed by atoms with E-state index in [0.29, 0.717) is 12.6 Å². The number of unbranched alkanes of at least 4 members (excludes halogenated alkanes) is 8. The van der Waals surface area contributed by atoms with E-state index in [4.69, 9.17) is 4.74 Å². The molecule has 0 amide bonds. The highest BCUT2D eigenvalue weighted by Crippen LogP contribution is 2.16. The van der Waals surface area contributed by atoms with Gasteiger partial charge in [0, 0.05) is 6.08 Å². The minimum atomic E-state index is -0.323. The van der Waals surface area contributed by atoms with Crippen molar-refractivity contribution in [3.05, 3.63) is 12.7 Å². The number of quaternary nitrogens is 1. The van der Waals surface area contributed by atoms with E-state index in [9.17, 15) is 4.79 Å². The van der Waals surface area contributed by atoms with Crippen molar-refractivity contribution in [3.8, 4) is 0 Å². The standard InChI is InChI=1S/C20H40NO2.ClH/c1-6-8-9-10-11-12-13-14-15-16-19(3)21(4,5)17-18-23-20(22)7-2;/h7,19H,2,6,8-18H2,1,3-5H3;1H/q+1;/p-1. The van der Waals surface area contributed by atoms with Crippen LogP contribution in [-0.2, 0) is 9.53 Å². The van der Waals surface area contributed by atoms with Crippen molar-refractivity contribution in [2.45, 2.75) is 84.1 Å². The lowest BCUT2D eigenvalue weighted by atomic mass is 10.0. The molecule has 3 nitrogen and oxygen atoms in total. The zero-order valence-corrected chi connectivity index (χ0v) is 17.2. The Morgan fingerprint density at radius 1 is 1.04 bits per heavy atom. The molecule has 0 aromatic rings. The lowest BCUT2D eigenvalue weighted by molar-refractivity contribution is -0.913. The summed E-state index contributed by atoms with van der Waals surface area (Å²) in [7, 11) is 4.44. The summed E-state index contributed by atoms with van der Waals surface area (Å²) in [5, 5.41) is 0. The number of nitrogens with zero attached hydrogens (tertiary/aromatic N) is 1. The first-order valence-corrected chi connectivity index (χ1v) is 9.56. The normalized spacial score (nSPS) is 12.3. The Morgan fingerprint density at radius 3 is 2.04 bits per heavy atom. The van der Waals surface area contributed by atoms with E-state index < -0.39 is 0 Å². The third-order valence-electron chi connectivity index (χ3n) is 5.00. The molecule has 0 heterocycles. The molecular weight excluding hydrogens is 322 g/mol. The van der Waals surface area contributed by atoms with E-state index in [2.05, 4.69) is 34.5 Å². The Kier molecular flexibility index (Phi) is 17.1. The van der Waals surface area contributed by atoms with Crippen molar-refractivity contribution in [1.29, 1.82) is 0 Å². The fourth-order valence-corrected chi connectivity index (χ4v) is 2.76. The molecule has 0 N–H and O–H groups in total. The van der Waals surface area contributed by atoms with Crippen LogP contribution >= 0.6 is 0 Å². The van der Waals surface area contributed by atoms with Gasteiger partial charge in [0.15, 0.2) is 0 Å². The molecule has 1 atom stereocenters. The third-order valence-corrected chi connectivity index (χ3v) is 5.00. The first kappa shape index (κ1) is 25.7. The van der Waals surface area contributed by atoms with Crippen LogP contribution in [0, 0.1) is 0 Å². The number of esters is 1. The maximum atomic E-state index is 11.1. The van der Waals surface area contributed by atoms with Gasteiger partial charge in [-0.2, -0.15) is 0 Å². The molecule has 144 valence electrons. The summed E-state index contributed by atoms with van der Waals surface area (Å²) in [6.07, 6.45) is 14.9. The van der Waals surface area contributed by atoms with Crippen LogP contribution in [0.1, 0.15) is 78.1 Å². The Morgan fingerprint density at radius 2 is 1.54 bits per heavy atom. The summed E-state index contributed by atoms with van der Waals surface area (Å²) in [5.41, 5.74) is 0. The van der Waals surface area contributed by atoms with Crippen LogP contribution in [0.15, 0.2) is 12.7 Å². The largest absolute Gasteiger partial charge is 1.00 e. The molecule has 0 aliphatic heterocycles. The number of hydrogen-bond acceptors (Lipinski definition) is 2. The maximum Gasteiger partial charge on any atom is 0.330 e. The summed E-state index contributed by atoms with van der Waals surface area (Å²) < 4.78 is 6.01. The van der Waals surface area contributed by atoms with Gasteiger partial charge in [-0.25, -0.2) is 4.79 Å². The van der Waals surface area contributed by atoms with E-state index in [1.807, 2.05) is 0 Å². The quantitative estimate of drug-likeness (QED) is 0.193. The van der Waals surface area contributed by atoms with E-state index in [1.165, 1.54) is 70.3 Å². The molecule has 4 heteroatoms. The van der Waals surface area contributed by atoms with Gasteiger partial charge in [0.1, 0.15) is 13.2 Å². The number of hydrogen-bond donors (Lipinski definition) is 0. The van der Waals surface area contributed by atoms with Crippen LogP contribution < -0.4 is 12.4 Å². The molecule has 1 unspecified atom stereocenters. The van der Waals surface area contributed by atoms with Crippen LogP contribution in [0.5, 0.6) is 0 Å². The Balaban J connectivity index is 0. The van der Waals surface area contributed by atoms with Crippen LogP contribution in [0.4, 0.5) is 0 Å². The lowest BCUT2D eigenvalue weighted by Crippen LogP contribution is -3.00. The molecular formula is C20H40ClNO2. The molecule has 0 spiro atoms. The summed E-state index contributed by atoms with van der Waals surface area (Å²) in [6, 6.07) is 0.599. The van der Waals surface area contributed by atoms with Gasteiger partial charge in [-0.05, 0) is 19.8 Å². The van der Waals surface area contributed by atoms with Gasteiger partial charge in [0.25, 0.3) is 0 Å². The van der Waals surface area contributed by atoms with Crippen molar-refractivity contribution in [2.24, 2.45) is 0 Å². The third kappa shape index (κ3) is 13.9. The molecule has 0 fully saturated rings. The predicted octanol–water partition coefficient (Wildman–Crippen LogP) is 2.11. The van der Waals surface area contributed by atoms with Gasteiger partial charge in [-0.3, -0.25) is 0 Å². The molecule has 0 rings (SSSR count). The SMILES string of the molecule is C=CC(=O)OCC[N+](C)(C)C(C)CCCCCCCCCCC.[Cl-]. The van der Waals surface area contributed by atoms with Gasteiger partial charge >= 0.3 is 5.97 Å². The fraction of sp³-hybridized carbons (Fsp3) is 0.850. The summed E-state index contributed by atoms with van der Waals surface area (Å²) in [6.45, 7) is 9.32. The zero-order chi connectivity index (χ0) is 17.6. The minimum absolute atomic E-state index is 0. The number of ether oxygens (including phenoxy) is 1. The van der Waals surface area contributed by atoms with Gasteiger partial charge in [0.05, 0.1) is 20.1 Å². The number of rotatable bonds is 15. The number of carbonyl (C=O) groups excluding carboxylic acids is 1. The van der Waals surface area contributed by atoms with E-state index in [-0.39, 0.29) is 18.4 Å². The number of likely N-dealkylation sites (N-methyl/N-ethyl adjacent to an activating group) is 1. The zero-order valence-electron chi connectivity index (χ0n) is 16.5. The van der Waals surface area contributed by atoms with Crippen molar-refractivity contribution in [2.75, 3.05) is 27.2 Å².